The monoisotopic (exact) mass is 322 g/mol. The SMILES string of the molecule is CCN(OCC(=O)O)C(=O)N1Cc2ccccc2C[C@H]1C(=O)O. The van der Waals surface area contributed by atoms with Crippen molar-refractivity contribution < 1.29 is 29.4 Å². The smallest absolute Gasteiger partial charge is 0.344 e. The van der Waals surface area contributed by atoms with Crippen LogP contribution in [0.5, 0.6) is 0 Å². The Kier molecular flexibility index (Phi) is 5.17. The molecule has 0 unspecified atom stereocenters. The molecule has 124 valence electrons. The molecule has 23 heavy (non-hydrogen) atoms. The Bertz CT molecular complexity index is 618. The normalized spacial score (nSPS) is 16.6. The van der Waals surface area contributed by atoms with Crippen molar-refractivity contribution in [3.8, 4) is 0 Å². The number of carbonyl (C=O) groups is 3. The van der Waals surface area contributed by atoms with E-state index in [1.807, 2.05) is 24.3 Å². The molecule has 8 nitrogen and oxygen atoms in total. The minimum Gasteiger partial charge on any atom is -0.480 e. The first-order valence-corrected chi connectivity index (χ1v) is 7.16. The summed E-state index contributed by atoms with van der Waals surface area (Å²) in [7, 11) is 0. The van der Waals surface area contributed by atoms with Crippen molar-refractivity contribution in [1.29, 1.82) is 0 Å². The fourth-order valence-corrected chi connectivity index (χ4v) is 2.50. The van der Waals surface area contributed by atoms with Gasteiger partial charge in [-0.25, -0.2) is 19.4 Å². The van der Waals surface area contributed by atoms with Gasteiger partial charge in [-0.2, -0.15) is 0 Å². The van der Waals surface area contributed by atoms with E-state index in [2.05, 4.69) is 0 Å². The molecule has 1 aromatic carbocycles. The summed E-state index contributed by atoms with van der Waals surface area (Å²) in [6.07, 6.45) is 0.202. The lowest BCUT2D eigenvalue weighted by Gasteiger charge is -2.36. The van der Waals surface area contributed by atoms with Crippen molar-refractivity contribution in [2.75, 3.05) is 13.2 Å². The molecule has 2 amide bonds. The number of benzene rings is 1. The van der Waals surface area contributed by atoms with Crippen LogP contribution >= 0.6 is 0 Å². The third-order valence-corrected chi connectivity index (χ3v) is 3.62. The lowest BCUT2D eigenvalue weighted by Crippen LogP contribution is -2.53. The summed E-state index contributed by atoms with van der Waals surface area (Å²) < 4.78 is 0. The number of nitrogens with zero attached hydrogens (tertiary/aromatic N) is 2. The number of hydrogen-bond donors (Lipinski definition) is 2. The molecule has 2 rings (SSSR count). The van der Waals surface area contributed by atoms with Crippen LogP contribution in [0.2, 0.25) is 0 Å². The second kappa shape index (κ2) is 7.10. The van der Waals surface area contributed by atoms with E-state index in [9.17, 15) is 19.5 Å². The van der Waals surface area contributed by atoms with Gasteiger partial charge in [0.15, 0.2) is 6.61 Å². The minimum absolute atomic E-state index is 0.108. The molecule has 1 aliphatic heterocycles. The average molecular weight is 322 g/mol. The molecule has 1 aliphatic rings. The van der Waals surface area contributed by atoms with Crippen LogP contribution < -0.4 is 0 Å². The molecule has 0 aliphatic carbocycles. The van der Waals surface area contributed by atoms with E-state index in [4.69, 9.17) is 9.94 Å². The molecule has 1 aromatic rings. The van der Waals surface area contributed by atoms with Crippen LogP contribution in [-0.4, -0.2) is 57.3 Å². The van der Waals surface area contributed by atoms with Crippen molar-refractivity contribution in [2.24, 2.45) is 0 Å². The van der Waals surface area contributed by atoms with E-state index >= 15 is 0 Å². The molecule has 0 aromatic heterocycles. The van der Waals surface area contributed by atoms with Gasteiger partial charge in [0.2, 0.25) is 0 Å². The number of rotatable bonds is 5. The van der Waals surface area contributed by atoms with E-state index in [1.54, 1.807) is 6.92 Å². The summed E-state index contributed by atoms with van der Waals surface area (Å²) in [4.78, 5) is 40.8. The Hall–Kier alpha value is -2.61. The molecular weight excluding hydrogens is 304 g/mol. The summed E-state index contributed by atoms with van der Waals surface area (Å²) in [6.45, 7) is 1.20. The van der Waals surface area contributed by atoms with Crippen LogP contribution in [0.3, 0.4) is 0 Å². The number of aliphatic carboxylic acids is 2. The first-order valence-electron chi connectivity index (χ1n) is 7.16. The summed E-state index contributed by atoms with van der Waals surface area (Å²) >= 11 is 0. The van der Waals surface area contributed by atoms with E-state index in [0.29, 0.717) is 0 Å². The number of fused-ring (bicyclic) bond motifs is 1. The zero-order chi connectivity index (χ0) is 17.0. The first-order chi connectivity index (χ1) is 10.9. The van der Waals surface area contributed by atoms with Gasteiger partial charge in [0.1, 0.15) is 6.04 Å². The lowest BCUT2D eigenvalue weighted by atomic mass is 9.94. The number of urea groups is 1. The standard InChI is InChI=1S/C15H18N2O6/c1-2-17(23-9-13(18)19)15(22)16-8-11-6-4-3-5-10(11)7-12(16)14(20)21/h3-6,12H,2,7-9H2,1H3,(H,18,19)(H,20,21)/t12-/m0/s1. The fourth-order valence-electron chi connectivity index (χ4n) is 2.50. The quantitative estimate of drug-likeness (QED) is 0.782. The lowest BCUT2D eigenvalue weighted by molar-refractivity contribution is -0.167. The highest BCUT2D eigenvalue weighted by Crippen LogP contribution is 2.24. The van der Waals surface area contributed by atoms with Crippen LogP contribution in [0, 0.1) is 0 Å². The van der Waals surface area contributed by atoms with Gasteiger partial charge in [-0.15, -0.1) is 0 Å². The molecule has 1 heterocycles. The van der Waals surface area contributed by atoms with Gasteiger partial charge in [-0.1, -0.05) is 24.3 Å². The van der Waals surface area contributed by atoms with Crippen molar-refractivity contribution in [1.82, 2.24) is 9.96 Å². The second-order valence-electron chi connectivity index (χ2n) is 5.10. The Morgan fingerprint density at radius 1 is 1.26 bits per heavy atom. The van der Waals surface area contributed by atoms with Crippen molar-refractivity contribution >= 4 is 18.0 Å². The maximum absolute atomic E-state index is 12.5. The molecule has 0 radical (unpaired) electrons. The van der Waals surface area contributed by atoms with Crippen LogP contribution in [-0.2, 0) is 27.4 Å². The van der Waals surface area contributed by atoms with Gasteiger partial charge >= 0.3 is 18.0 Å². The highest BCUT2D eigenvalue weighted by Gasteiger charge is 2.36. The minimum atomic E-state index is -1.21. The van der Waals surface area contributed by atoms with Crippen LogP contribution in [0.25, 0.3) is 0 Å². The van der Waals surface area contributed by atoms with Crippen molar-refractivity contribution in [3.63, 3.8) is 0 Å². The maximum atomic E-state index is 12.5. The molecule has 0 saturated carbocycles. The van der Waals surface area contributed by atoms with Crippen molar-refractivity contribution in [3.05, 3.63) is 35.4 Å². The molecule has 1 atom stereocenters. The van der Waals surface area contributed by atoms with Gasteiger partial charge < -0.3 is 15.1 Å². The number of amides is 2. The van der Waals surface area contributed by atoms with Gasteiger partial charge in [0.25, 0.3) is 0 Å². The first kappa shape index (κ1) is 16.8. The fraction of sp³-hybridized carbons (Fsp3) is 0.400. The third-order valence-electron chi connectivity index (χ3n) is 3.62. The average Bonchev–Trinajstić information content (AvgIpc) is 2.53. The van der Waals surface area contributed by atoms with Crippen LogP contribution in [0.4, 0.5) is 4.79 Å². The molecule has 0 bridgehead atoms. The molecule has 2 N–H and O–H groups in total. The molecule has 8 heteroatoms. The number of carbonyl (C=O) groups excluding carboxylic acids is 1. The van der Waals surface area contributed by atoms with E-state index in [-0.39, 0.29) is 19.5 Å². The van der Waals surface area contributed by atoms with Gasteiger partial charge in [-0.3, -0.25) is 4.84 Å². The number of hydroxylamine groups is 2. The molecule has 0 fully saturated rings. The number of carboxylic acids is 2. The summed E-state index contributed by atoms with van der Waals surface area (Å²) in [6, 6.07) is 5.65. The zero-order valence-electron chi connectivity index (χ0n) is 12.6. The zero-order valence-corrected chi connectivity index (χ0v) is 12.6. The Morgan fingerprint density at radius 2 is 1.91 bits per heavy atom. The van der Waals surface area contributed by atoms with E-state index in [0.717, 1.165) is 16.2 Å². The maximum Gasteiger partial charge on any atom is 0.344 e. The largest absolute Gasteiger partial charge is 0.480 e. The topological polar surface area (TPSA) is 107 Å². The number of carboxylic acid groups (broad SMARTS) is 2. The number of hydrogen-bond acceptors (Lipinski definition) is 4. The van der Waals surface area contributed by atoms with E-state index in [1.165, 1.54) is 4.90 Å². The Labute approximate surface area is 132 Å². The van der Waals surface area contributed by atoms with Gasteiger partial charge in [0, 0.05) is 19.5 Å². The van der Waals surface area contributed by atoms with Crippen molar-refractivity contribution in [2.45, 2.75) is 25.9 Å². The highest BCUT2D eigenvalue weighted by atomic mass is 16.7. The van der Waals surface area contributed by atoms with Gasteiger partial charge in [-0.05, 0) is 18.1 Å². The second-order valence-corrected chi connectivity index (χ2v) is 5.10. The Balaban J connectivity index is 2.22. The molecular formula is C15H18N2O6. The third kappa shape index (κ3) is 3.78. The Morgan fingerprint density at radius 3 is 2.48 bits per heavy atom. The van der Waals surface area contributed by atoms with Gasteiger partial charge in [0.05, 0.1) is 0 Å². The predicted molar refractivity (Wildman–Crippen MR) is 78.5 cm³/mol. The summed E-state index contributed by atoms with van der Waals surface area (Å²) in [5.41, 5.74) is 1.76. The summed E-state index contributed by atoms with van der Waals surface area (Å²) in [5.74, 6) is -2.32. The van der Waals surface area contributed by atoms with Crippen LogP contribution in [0.1, 0.15) is 18.1 Å². The molecule has 0 spiro atoms. The molecule has 0 saturated heterocycles. The van der Waals surface area contributed by atoms with Crippen LogP contribution in [0.15, 0.2) is 24.3 Å². The predicted octanol–water partition coefficient (Wildman–Crippen LogP) is 0.956. The summed E-state index contributed by atoms with van der Waals surface area (Å²) in [5, 5.41) is 18.9. The van der Waals surface area contributed by atoms with E-state index < -0.39 is 30.6 Å². The highest BCUT2D eigenvalue weighted by molar-refractivity contribution is 5.83.